The van der Waals surface area contributed by atoms with Crippen molar-refractivity contribution in [1.82, 2.24) is 10.6 Å². The molecule has 5 nitrogen and oxygen atoms in total. The molecule has 1 saturated carbocycles. The zero-order valence-corrected chi connectivity index (χ0v) is 14.4. The van der Waals surface area contributed by atoms with E-state index in [1.807, 2.05) is 54.6 Å². The van der Waals surface area contributed by atoms with E-state index in [2.05, 4.69) is 10.6 Å². The monoisotopic (exact) mass is 340 g/mol. The zero-order chi connectivity index (χ0) is 17.7. The summed E-state index contributed by atoms with van der Waals surface area (Å²) >= 11 is 0. The molecule has 1 aliphatic rings. The Kier molecular flexibility index (Phi) is 5.24. The number of methoxy groups -OCH3 is 1. The van der Waals surface area contributed by atoms with E-state index in [1.165, 1.54) is 0 Å². The number of rotatable bonds is 7. The quantitative estimate of drug-likeness (QED) is 0.726. The van der Waals surface area contributed by atoms with Gasteiger partial charge in [0.2, 0.25) is 0 Å². The first-order valence-corrected chi connectivity index (χ1v) is 8.54. The molecule has 3 N–H and O–H groups in total. The summed E-state index contributed by atoms with van der Waals surface area (Å²) in [6.45, 7) is 0.624. The van der Waals surface area contributed by atoms with Crippen molar-refractivity contribution in [3.63, 3.8) is 0 Å². The second kappa shape index (κ2) is 7.57. The second-order valence-corrected chi connectivity index (χ2v) is 6.45. The Morgan fingerprint density at radius 2 is 1.80 bits per heavy atom. The number of ether oxygens (including phenoxy) is 1. The predicted molar refractivity (Wildman–Crippen MR) is 96.3 cm³/mol. The molecule has 1 fully saturated rings. The maximum Gasteiger partial charge on any atom is 0.315 e. The Labute approximate surface area is 148 Å². The topological polar surface area (TPSA) is 70.6 Å². The lowest BCUT2D eigenvalue weighted by molar-refractivity contribution is 0.0159. The SMILES string of the molecule is COc1ccc(CNC(=O)NC[C@@](O)(c2ccccc2)C2CC2)cc1. The summed E-state index contributed by atoms with van der Waals surface area (Å²) in [4.78, 5) is 12.1. The molecule has 2 aromatic rings. The minimum Gasteiger partial charge on any atom is -0.497 e. The average Bonchev–Trinajstić information content (AvgIpc) is 3.51. The normalized spacial score (nSPS) is 15.9. The summed E-state index contributed by atoms with van der Waals surface area (Å²) in [6.07, 6.45) is 1.97. The highest BCUT2D eigenvalue weighted by Gasteiger charge is 2.45. The molecule has 0 saturated heterocycles. The average molecular weight is 340 g/mol. The highest BCUT2D eigenvalue weighted by Crippen LogP contribution is 2.45. The molecular weight excluding hydrogens is 316 g/mol. The van der Waals surface area contributed by atoms with Gasteiger partial charge >= 0.3 is 6.03 Å². The minimum absolute atomic E-state index is 0.204. The Hall–Kier alpha value is -2.53. The molecular formula is C20H24N2O3. The van der Waals surface area contributed by atoms with Gasteiger partial charge in [0, 0.05) is 6.54 Å². The third-order valence-corrected chi connectivity index (χ3v) is 4.66. The van der Waals surface area contributed by atoms with Gasteiger partial charge in [-0.05, 0) is 42.0 Å². The molecule has 2 amide bonds. The number of nitrogens with one attached hydrogen (secondary N) is 2. The van der Waals surface area contributed by atoms with Crippen molar-refractivity contribution in [1.29, 1.82) is 0 Å². The van der Waals surface area contributed by atoms with Gasteiger partial charge in [0.25, 0.3) is 0 Å². The fraction of sp³-hybridized carbons (Fsp3) is 0.350. The minimum atomic E-state index is -1.00. The first-order valence-electron chi connectivity index (χ1n) is 8.54. The molecule has 25 heavy (non-hydrogen) atoms. The Balaban J connectivity index is 1.53. The molecule has 5 heteroatoms. The molecule has 0 unspecified atom stereocenters. The van der Waals surface area contributed by atoms with Crippen LogP contribution in [0.15, 0.2) is 54.6 Å². The smallest absolute Gasteiger partial charge is 0.315 e. The first-order chi connectivity index (χ1) is 12.1. The van der Waals surface area contributed by atoms with Crippen LogP contribution >= 0.6 is 0 Å². The van der Waals surface area contributed by atoms with E-state index in [9.17, 15) is 9.90 Å². The molecule has 3 rings (SSSR count). The number of urea groups is 1. The summed E-state index contributed by atoms with van der Waals surface area (Å²) in [6, 6.07) is 16.8. The highest BCUT2D eigenvalue weighted by molar-refractivity contribution is 5.74. The number of amides is 2. The highest BCUT2D eigenvalue weighted by atomic mass is 16.5. The van der Waals surface area contributed by atoms with Crippen molar-refractivity contribution in [2.45, 2.75) is 25.0 Å². The van der Waals surface area contributed by atoms with Gasteiger partial charge in [-0.15, -0.1) is 0 Å². The van der Waals surface area contributed by atoms with Crippen molar-refractivity contribution < 1.29 is 14.6 Å². The Bertz CT molecular complexity index is 699. The number of aliphatic hydroxyl groups is 1. The number of carbonyl (C=O) groups excluding carboxylic acids is 1. The first kappa shape index (κ1) is 17.3. The number of benzene rings is 2. The van der Waals surface area contributed by atoms with E-state index in [0.29, 0.717) is 6.54 Å². The van der Waals surface area contributed by atoms with Crippen LogP contribution in [0.5, 0.6) is 5.75 Å². The maximum atomic E-state index is 12.1. The molecule has 0 bridgehead atoms. The number of hydrogen-bond donors (Lipinski definition) is 3. The van der Waals surface area contributed by atoms with E-state index in [1.54, 1.807) is 7.11 Å². The van der Waals surface area contributed by atoms with Crippen molar-refractivity contribution in [3.05, 3.63) is 65.7 Å². The third-order valence-electron chi connectivity index (χ3n) is 4.66. The van der Waals surface area contributed by atoms with E-state index in [4.69, 9.17) is 4.74 Å². The lowest BCUT2D eigenvalue weighted by Gasteiger charge is -2.29. The zero-order valence-electron chi connectivity index (χ0n) is 14.4. The van der Waals surface area contributed by atoms with Crippen molar-refractivity contribution in [2.24, 2.45) is 5.92 Å². The van der Waals surface area contributed by atoms with Gasteiger partial charge in [0.1, 0.15) is 11.4 Å². The number of carbonyl (C=O) groups is 1. The van der Waals surface area contributed by atoms with Crippen LogP contribution in [0.25, 0.3) is 0 Å². The van der Waals surface area contributed by atoms with E-state index >= 15 is 0 Å². The van der Waals surface area contributed by atoms with Crippen LogP contribution in [0.3, 0.4) is 0 Å². The van der Waals surface area contributed by atoms with Gasteiger partial charge in [-0.2, -0.15) is 0 Å². The molecule has 132 valence electrons. The molecule has 2 aromatic carbocycles. The lowest BCUT2D eigenvalue weighted by atomic mass is 9.89. The van der Waals surface area contributed by atoms with Crippen LogP contribution in [-0.2, 0) is 12.1 Å². The summed E-state index contributed by atoms with van der Waals surface area (Å²) < 4.78 is 5.11. The van der Waals surface area contributed by atoms with Gasteiger partial charge in [-0.3, -0.25) is 0 Å². The van der Waals surface area contributed by atoms with Crippen LogP contribution in [-0.4, -0.2) is 24.8 Å². The molecule has 0 heterocycles. The maximum absolute atomic E-state index is 12.1. The predicted octanol–water partition coefficient (Wildman–Crippen LogP) is 2.79. The Morgan fingerprint density at radius 1 is 1.12 bits per heavy atom. The van der Waals surface area contributed by atoms with Crippen LogP contribution in [0, 0.1) is 5.92 Å². The summed E-state index contributed by atoms with van der Waals surface area (Å²) in [5.74, 6) is 0.988. The van der Waals surface area contributed by atoms with Crippen molar-refractivity contribution in [3.8, 4) is 5.75 Å². The molecule has 0 aromatic heterocycles. The fourth-order valence-electron chi connectivity index (χ4n) is 2.97. The summed E-state index contributed by atoms with van der Waals surface area (Å²) in [5.41, 5.74) is 0.836. The van der Waals surface area contributed by atoms with Crippen LogP contribution in [0.1, 0.15) is 24.0 Å². The van der Waals surface area contributed by atoms with E-state index in [0.717, 1.165) is 29.7 Å². The van der Waals surface area contributed by atoms with Crippen molar-refractivity contribution in [2.75, 3.05) is 13.7 Å². The van der Waals surface area contributed by atoms with Crippen LogP contribution < -0.4 is 15.4 Å². The summed E-state index contributed by atoms with van der Waals surface area (Å²) in [5, 5.41) is 16.7. The number of hydrogen-bond acceptors (Lipinski definition) is 3. The van der Waals surface area contributed by atoms with Gasteiger partial charge in [-0.25, -0.2) is 4.79 Å². The van der Waals surface area contributed by atoms with Crippen LogP contribution in [0.2, 0.25) is 0 Å². The van der Waals surface area contributed by atoms with Crippen LogP contribution in [0.4, 0.5) is 4.79 Å². The largest absolute Gasteiger partial charge is 0.497 e. The van der Waals surface area contributed by atoms with Crippen molar-refractivity contribution >= 4 is 6.03 Å². The van der Waals surface area contributed by atoms with E-state index in [-0.39, 0.29) is 18.5 Å². The molecule has 0 radical (unpaired) electrons. The lowest BCUT2D eigenvalue weighted by Crippen LogP contribution is -2.45. The van der Waals surface area contributed by atoms with Gasteiger partial charge < -0.3 is 20.5 Å². The standard InChI is InChI=1S/C20H24N2O3/c1-25-18-11-7-15(8-12-18)13-21-19(23)22-14-20(24,17-9-10-17)16-5-3-2-4-6-16/h2-8,11-12,17,24H,9-10,13-14H2,1H3,(H2,21,22,23)/t20-/m1/s1. The Morgan fingerprint density at radius 3 is 2.40 bits per heavy atom. The van der Waals surface area contributed by atoms with Gasteiger partial charge in [0.05, 0.1) is 13.7 Å². The molecule has 1 atom stereocenters. The second-order valence-electron chi connectivity index (χ2n) is 6.45. The molecule has 0 spiro atoms. The summed E-state index contributed by atoms with van der Waals surface area (Å²) in [7, 11) is 1.62. The van der Waals surface area contributed by atoms with E-state index < -0.39 is 5.60 Å². The third kappa shape index (κ3) is 4.31. The molecule has 1 aliphatic carbocycles. The molecule has 0 aliphatic heterocycles. The fourth-order valence-corrected chi connectivity index (χ4v) is 2.97. The van der Waals surface area contributed by atoms with Gasteiger partial charge in [-0.1, -0.05) is 42.5 Å². The van der Waals surface area contributed by atoms with Gasteiger partial charge in [0.15, 0.2) is 0 Å².